The fraction of sp³-hybridized carbons (Fsp3) is 0.529. The second-order valence-electron chi connectivity index (χ2n) is 6.22. The Labute approximate surface area is 136 Å². The molecule has 23 heavy (non-hydrogen) atoms. The van der Waals surface area contributed by atoms with Crippen LogP contribution in [0.3, 0.4) is 0 Å². The maximum Gasteiger partial charge on any atom is 0.271 e. The van der Waals surface area contributed by atoms with Crippen molar-refractivity contribution in [2.45, 2.75) is 32.5 Å². The molecule has 0 radical (unpaired) electrons. The molecule has 0 saturated carbocycles. The van der Waals surface area contributed by atoms with Gasteiger partial charge in [-0.3, -0.25) is 9.69 Å². The molecule has 124 valence electrons. The number of hydrogen-bond donors (Lipinski definition) is 1. The van der Waals surface area contributed by atoms with E-state index in [1.54, 1.807) is 6.20 Å². The normalized spacial score (nSPS) is 22.3. The number of carbonyl (C=O) groups is 1. The topological polar surface area (TPSA) is 58.9 Å². The van der Waals surface area contributed by atoms with Gasteiger partial charge >= 0.3 is 0 Å². The molecule has 6 nitrogen and oxygen atoms in total. The number of hydrogen-bond acceptors (Lipinski definition) is 4. The first-order valence-electron chi connectivity index (χ1n) is 8.21. The summed E-state index contributed by atoms with van der Waals surface area (Å²) >= 11 is 0. The van der Waals surface area contributed by atoms with Gasteiger partial charge in [0.2, 0.25) is 0 Å². The smallest absolute Gasteiger partial charge is 0.271 e. The molecular formula is C17H24N4O2. The molecule has 3 rings (SSSR count). The highest BCUT2D eigenvalue weighted by Gasteiger charge is 2.21. The lowest BCUT2D eigenvalue weighted by Gasteiger charge is -2.35. The molecule has 0 spiro atoms. The van der Waals surface area contributed by atoms with Gasteiger partial charge in [0.15, 0.2) is 0 Å². The first kappa shape index (κ1) is 16.0. The van der Waals surface area contributed by atoms with E-state index in [0.717, 1.165) is 31.7 Å². The van der Waals surface area contributed by atoms with Crippen LogP contribution in [-0.2, 0) is 4.74 Å². The Bertz CT molecular complexity index is 626. The summed E-state index contributed by atoms with van der Waals surface area (Å²) < 4.78 is 7.58. The van der Waals surface area contributed by atoms with Crippen molar-refractivity contribution >= 4 is 11.6 Å². The van der Waals surface area contributed by atoms with Crippen LogP contribution in [0.25, 0.3) is 5.65 Å². The van der Waals surface area contributed by atoms with Crippen LogP contribution >= 0.6 is 0 Å². The van der Waals surface area contributed by atoms with E-state index in [-0.39, 0.29) is 18.1 Å². The third-order valence-electron chi connectivity index (χ3n) is 4.03. The van der Waals surface area contributed by atoms with E-state index in [1.165, 1.54) is 0 Å². The van der Waals surface area contributed by atoms with E-state index in [9.17, 15) is 4.79 Å². The monoisotopic (exact) mass is 316 g/mol. The van der Waals surface area contributed by atoms with Gasteiger partial charge in [-0.15, -0.1) is 0 Å². The molecule has 0 aromatic carbocycles. The number of aromatic nitrogens is 2. The fourth-order valence-electron chi connectivity index (χ4n) is 3.11. The van der Waals surface area contributed by atoms with Gasteiger partial charge in [-0.25, -0.2) is 4.98 Å². The Balaban J connectivity index is 1.44. The Morgan fingerprint density at radius 3 is 2.87 bits per heavy atom. The molecule has 6 heteroatoms. The van der Waals surface area contributed by atoms with Gasteiger partial charge in [-0.2, -0.15) is 0 Å². The first-order chi connectivity index (χ1) is 11.1. The van der Waals surface area contributed by atoms with Crippen LogP contribution in [0.1, 0.15) is 30.8 Å². The standard InChI is InChI=1S/C17H24N4O2/c1-13-10-20(11-14(2)23-13)8-5-7-18-17(22)15-12-21-9-4-3-6-16(21)19-15/h3-4,6,9,12-14H,5,7-8,10-11H2,1-2H3,(H,18,22). The third-order valence-corrected chi connectivity index (χ3v) is 4.03. The van der Waals surface area contributed by atoms with E-state index < -0.39 is 0 Å². The van der Waals surface area contributed by atoms with Crippen LogP contribution in [0.15, 0.2) is 30.6 Å². The lowest BCUT2D eigenvalue weighted by molar-refractivity contribution is -0.0679. The zero-order valence-electron chi connectivity index (χ0n) is 13.7. The van der Waals surface area contributed by atoms with Gasteiger partial charge in [0.25, 0.3) is 5.91 Å². The average Bonchev–Trinajstić information content (AvgIpc) is 2.94. The summed E-state index contributed by atoms with van der Waals surface area (Å²) in [7, 11) is 0. The van der Waals surface area contributed by atoms with E-state index in [0.29, 0.717) is 12.2 Å². The van der Waals surface area contributed by atoms with E-state index >= 15 is 0 Å². The van der Waals surface area contributed by atoms with Crippen LogP contribution in [0.4, 0.5) is 0 Å². The van der Waals surface area contributed by atoms with Crippen LogP contribution in [0.2, 0.25) is 0 Å². The minimum absolute atomic E-state index is 0.114. The Kier molecular flexibility index (Phi) is 4.93. The minimum atomic E-state index is -0.114. The van der Waals surface area contributed by atoms with Crippen LogP contribution in [0, 0.1) is 0 Å². The lowest BCUT2D eigenvalue weighted by atomic mass is 10.2. The number of fused-ring (bicyclic) bond motifs is 1. The minimum Gasteiger partial charge on any atom is -0.373 e. The summed E-state index contributed by atoms with van der Waals surface area (Å²) in [5.74, 6) is -0.114. The number of carbonyl (C=O) groups excluding carboxylic acids is 1. The Morgan fingerprint density at radius 2 is 2.13 bits per heavy atom. The quantitative estimate of drug-likeness (QED) is 0.851. The molecule has 2 aromatic rings. The van der Waals surface area contributed by atoms with Crippen molar-refractivity contribution in [1.82, 2.24) is 19.6 Å². The van der Waals surface area contributed by atoms with Crippen molar-refractivity contribution in [3.05, 3.63) is 36.3 Å². The molecule has 1 aliphatic heterocycles. The number of amides is 1. The molecule has 3 heterocycles. The third kappa shape index (κ3) is 4.09. The average molecular weight is 316 g/mol. The van der Waals surface area contributed by atoms with Crippen molar-refractivity contribution < 1.29 is 9.53 Å². The van der Waals surface area contributed by atoms with Gasteiger partial charge in [0.05, 0.1) is 12.2 Å². The molecule has 1 N–H and O–H groups in total. The van der Waals surface area contributed by atoms with Crippen molar-refractivity contribution in [2.75, 3.05) is 26.2 Å². The molecule has 2 unspecified atom stereocenters. The summed E-state index contributed by atoms with van der Waals surface area (Å²) in [5.41, 5.74) is 1.25. The SMILES string of the molecule is CC1CN(CCCNC(=O)c2cn3ccccc3n2)CC(C)O1. The van der Waals surface area contributed by atoms with E-state index in [4.69, 9.17) is 4.74 Å². The zero-order chi connectivity index (χ0) is 16.2. The Hall–Kier alpha value is -1.92. The molecule has 0 bridgehead atoms. The molecule has 1 aliphatic rings. The molecule has 2 atom stereocenters. The maximum absolute atomic E-state index is 12.1. The van der Waals surface area contributed by atoms with Crippen LogP contribution < -0.4 is 5.32 Å². The van der Waals surface area contributed by atoms with Crippen molar-refractivity contribution in [3.63, 3.8) is 0 Å². The largest absolute Gasteiger partial charge is 0.373 e. The molecule has 1 fully saturated rings. The number of morpholine rings is 1. The van der Waals surface area contributed by atoms with Gasteiger partial charge in [0, 0.05) is 38.6 Å². The van der Waals surface area contributed by atoms with Gasteiger partial charge in [-0.1, -0.05) is 6.07 Å². The second kappa shape index (κ2) is 7.10. The van der Waals surface area contributed by atoms with E-state index in [1.807, 2.05) is 28.8 Å². The Morgan fingerprint density at radius 1 is 1.35 bits per heavy atom. The number of imidazole rings is 1. The predicted molar refractivity (Wildman–Crippen MR) is 88.6 cm³/mol. The van der Waals surface area contributed by atoms with Crippen molar-refractivity contribution in [2.24, 2.45) is 0 Å². The summed E-state index contributed by atoms with van der Waals surface area (Å²) in [5, 5.41) is 2.95. The van der Waals surface area contributed by atoms with Gasteiger partial charge in [-0.05, 0) is 32.4 Å². The summed E-state index contributed by atoms with van der Waals surface area (Å²) in [6.45, 7) is 7.77. The number of nitrogens with zero attached hydrogens (tertiary/aromatic N) is 3. The number of rotatable bonds is 5. The molecule has 0 aliphatic carbocycles. The molecular weight excluding hydrogens is 292 g/mol. The molecule has 1 amide bonds. The van der Waals surface area contributed by atoms with Gasteiger partial charge in [0.1, 0.15) is 11.3 Å². The zero-order valence-corrected chi connectivity index (χ0v) is 13.7. The predicted octanol–water partition coefficient (Wildman–Crippen LogP) is 1.56. The fourth-order valence-corrected chi connectivity index (χ4v) is 3.11. The summed E-state index contributed by atoms with van der Waals surface area (Å²) in [4.78, 5) is 18.9. The van der Waals surface area contributed by atoms with E-state index in [2.05, 4.69) is 29.0 Å². The number of pyridine rings is 1. The van der Waals surface area contributed by atoms with Crippen LogP contribution in [0.5, 0.6) is 0 Å². The molecule has 1 saturated heterocycles. The summed E-state index contributed by atoms with van der Waals surface area (Å²) in [6, 6.07) is 5.71. The highest BCUT2D eigenvalue weighted by molar-refractivity contribution is 5.92. The van der Waals surface area contributed by atoms with Crippen LogP contribution in [-0.4, -0.2) is 58.6 Å². The maximum atomic E-state index is 12.1. The molecule has 2 aromatic heterocycles. The number of ether oxygens (including phenoxy) is 1. The van der Waals surface area contributed by atoms with Crippen molar-refractivity contribution in [3.8, 4) is 0 Å². The van der Waals surface area contributed by atoms with Gasteiger partial charge < -0.3 is 14.5 Å². The summed E-state index contributed by atoms with van der Waals surface area (Å²) in [6.07, 6.45) is 5.15. The van der Waals surface area contributed by atoms with Crippen molar-refractivity contribution in [1.29, 1.82) is 0 Å². The second-order valence-corrected chi connectivity index (χ2v) is 6.22. The highest BCUT2D eigenvalue weighted by atomic mass is 16.5. The lowest BCUT2D eigenvalue weighted by Crippen LogP contribution is -2.46. The first-order valence-corrected chi connectivity index (χ1v) is 8.21. The number of nitrogens with one attached hydrogen (secondary N) is 1. The highest BCUT2D eigenvalue weighted by Crippen LogP contribution is 2.10.